The molecule has 304 valence electrons. The van der Waals surface area contributed by atoms with Gasteiger partial charge in [0.15, 0.2) is 5.82 Å². The van der Waals surface area contributed by atoms with Crippen LogP contribution in [0.4, 0.5) is 0 Å². The average Bonchev–Trinajstić information content (AvgIpc) is 3.36. The highest BCUT2D eigenvalue weighted by Crippen LogP contribution is 2.44. The van der Waals surface area contributed by atoms with Crippen LogP contribution in [0.15, 0.2) is 176 Å². The van der Waals surface area contributed by atoms with E-state index >= 15 is 0 Å². The van der Waals surface area contributed by atoms with Crippen LogP contribution in [-0.4, -0.2) is 19.9 Å². The van der Waals surface area contributed by atoms with Crippen molar-refractivity contribution in [2.75, 3.05) is 0 Å². The van der Waals surface area contributed by atoms with Crippen LogP contribution in [0, 0.1) is 0 Å². The fourth-order valence-electron chi connectivity index (χ4n) is 9.13. The first kappa shape index (κ1) is 39.6. The molecule has 11 rings (SSSR count). The van der Waals surface area contributed by atoms with Crippen LogP contribution in [0.5, 0.6) is 0 Å². The number of pyridine rings is 2. The highest BCUT2D eigenvalue weighted by atomic mass is 14.9. The lowest BCUT2D eigenvalue weighted by Crippen LogP contribution is -2.03. The lowest BCUT2D eigenvalue weighted by molar-refractivity contribution is 1.18. The fraction of sp³-hybridized carbons (Fsp3) is 0.119. The Morgan fingerprint density at radius 2 is 1.37 bits per heavy atom. The highest BCUT2D eigenvalue weighted by molar-refractivity contribution is 6.09. The summed E-state index contributed by atoms with van der Waals surface area (Å²) in [5.74, 6) is 0.682. The predicted octanol–water partition coefficient (Wildman–Crippen LogP) is 15.8. The topological polar surface area (TPSA) is 51.6 Å². The van der Waals surface area contributed by atoms with E-state index in [1.807, 2.05) is 44.3 Å². The maximum atomic E-state index is 5.35. The minimum Gasteiger partial charge on any atom is -0.254 e. The first-order valence-electron chi connectivity index (χ1n) is 22.3. The summed E-state index contributed by atoms with van der Waals surface area (Å²) in [5.41, 5.74) is 18.6. The molecule has 2 aliphatic carbocycles. The molecule has 63 heavy (non-hydrogen) atoms. The van der Waals surface area contributed by atoms with Gasteiger partial charge in [-0.05, 0) is 118 Å². The van der Waals surface area contributed by atoms with Crippen molar-refractivity contribution in [2.24, 2.45) is 0 Å². The molecule has 3 heterocycles. The molecule has 0 N–H and O–H groups in total. The van der Waals surface area contributed by atoms with E-state index in [0.29, 0.717) is 5.82 Å². The molecular formula is C59H48N4. The quantitative estimate of drug-likeness (QED) is 0.113. The maximum Gasteiger partial charge on any atom is 0.160 e. The Balaban J connectivity index is 0.00000232. The van der Waals surface area contributed by atoms with Crippen molar-refractivity contribution in [1.82, 2.24) is 19.9 Å². The molecule has 4 nitrogen and oxygen atoms in total. The van der Waals surface area contributed by atoms with Crippen molar-refractivity contribution in [3.63, 3.8) is 0 Å². The summed E-state index contributed by atoms with van der Waals surface area (Å²) in [7, 11) is 0. The van der Waals surface area contributed by atoms with Crippen LogP contribution in [0.2, 0.25) is 0 Å². The molecule has 6 aromatic carbocycles. The third-order valence-corrected chi connectivity index (χ3v) is 12.2. The zero-order chi connectivity index (χ0) is 42.9. The van der Waals surface area contributed by atoms with Crippen LogP contribution < -0.4 is 0 Å². The summed E-state index contributed by atoms with van der Waals surface area (Å²) in [4.78, 5) is 20.7. The largest absolute Gasteiger partial charge is 0.254 e. The van der Waals surface area contributed by atoms with E-state index in [1.54, 1.807) is 0 Å². The van der Waals surface area contributed by atoms with Crippen molar-refractivity contribution in [3.8, 4) is 56.3 Å². The SMILES string of the molecule is C/C=C(\C=C/CC)c1ccc(-c2cc(-c3cc(-c4ccc5ccc6cccnc6c5n4)cc(-c4ccc5c6c7c(ccc46)C=CCC7=CC5)c3)nc(-c3ccccc3)n2)cc1.CC. The predicted molar refractivity (Wildman–Crippen MR) is 267 cm³/mol. The zero-order valence-corrected chi connectivity index (χ0v) is 36.2. The van der Waals surface area contributed by atoms with E-state index in [-0.39, 0.29) is 0 Å². The first-order valence-corrected chi connectivity index (χ1v) is 22.3. The summed E-state index contributed by atoms with van der Waals surface area (Å²) in [6.07, 6.45) is 18.3. The molecule has 9 aromatic rings. The number of nitrogens with zero attached hydrogens (tertiary/aromatic N) is 4. The van der Waals surface area contributed by atoms with Gasteiger partial charge in [0, 0.05) is 39.2 Å². The normalized spacial score (nSPS) is 13.1. The van der Waals surface area contributed by atoms with Crippen LogP contribution in [0.1, 0.15) is 62.8 Å². The fourth-order valence-corrected chi connectivity index (χ4v) is 9.13. The number of hydrogen-bond acceptors (Lipinski definition) is 4. The summed E-state index contributed by atoms with van der Waals surface area (Å²) in [5, 5.41) is 4.77. The number of allylic oxidation sites excluding steroid dienone is 7. The monoisotopic (exact) mass is 812 g/mol. The van der Waals surface area contributed by atoms with Gasteiger partial charge in [-0.25, -0.2) is 15.0 Å². The third-order valence-electron chi connectivity index (χ3n) is 12.2. The second-order valence-electron chi connectivity index (χ2n) is 15.9. The average molecular weight is 813 g/mol. The van der Waals surface area contributed by atoms with Gasteiger partial charge in [-0.3, -0.25) is 4.98 Å². The van der Waals surface area contributed by atoms with E-state index in [1.165, 1.54) is 49.7 Å². The molecule has 0 atom stereocenters. The number of aromatic nitrogens is 4. The molecule has 0 saturated carbocycles. The van der Waals surface area contributed by atoms with Crippen LogP contribution in [-0.2, 0) is 6.42 Å². The lowest BCUT2D eigenvalue weighted by atomic mass is 9.79. The molecule has 3 aromatic heterocycles. The Kier molecular flexibility index (Phi) is 10.7. The van der Waals surface area contributed by atoms with Gasteiger partial charge >= 0.3 is 0 Å². The van der Waals surface area contributed by atoms with E-state index in [4.69, 9.17) is 19.9 Å². The second kappa shape index (κ2) is 17.1. The van der Waals surface area contributed by atoms with Crippen molar-refractivity contribution in [1.29, 1.82) is 0 Å². The van der Waals surface area contributed by atoms with E-state index in [0.717, 1.165) is 86.0 Å². The second-order valence-corrected chi connectivity index (χ2v) is 15.9. The van der Waals surface area contributed by atoms with Crippen LogP contribution >= 0.6 is 0 Å². The molecule has 0 bridgehead atoms. The Labute approximate surface area is 369 Å². The molecule has 0 radical (unpaired) electrons. The molecule has 0 aliphatic heterocycles. The van der Waals surface area contributed by atoms with Gasteiger partial charge in [0.2, 0.25) is 0 Å². The van der Waals surface area contributed by atoms with Crippen molar-refractivity contribution < 1.29 is 0 Å². The van der Waals surface area contributed by atoms with Crippen molar-refractivity contribution >= 4 is 49.8 Å². The summed E-state index contributed by atoms with van der Waals surface area (Å²) in [6.45, 7) is 8.25. The van der Waals surface area contributed by atoms with Gasteiger partial charge < -0.3 is 0 Å². The zero-order valence-electron chi connectivity index (χ0n) is 36.2. The third kappa shape index (κ3) is 7.38. The van der Waals surface area contributed by atoms with Gasteiger partial charge in [-0.15, -0.1) is 0 Å². The molecule has 2 aliphatic rings. The lowest BCUT2D eigenvalue weighted by Gasteiger charge is -2.24. The smallest absolute Gasteiger partial charge is 0.160 e. The van der Waals surface area contributed by atoms with Gasteiger partial charge in [-0.1, -0.05) is 160 Å². The Morgan fingerprint density at radius 1 is 0.619 bits per heavy atom. The van der Waals surface area contributed by atoms with E-state index in [9.17, 15) is 0 Å². The molecule has 0 fully saturated rings. The number of fused-ring (bicyclic) bond motifs is 3. The van der Waals surface area contributed by atoms with E-state index < -0.39 is 0 Å². The van der Waals surface area contributed by atoms with Crippen LogP contribution in [0.3, 0.4) is 0 Å². The standard InChI is InChI=1S/C57H42N4.C2H6/c1-3-5-11-36(4-2)37-17-19-38(20-18-37)51-35-52(61-57(60-51)44-12-7-6-8-13-44)47-33-45(48-28-25-41-22-21-39-14-9-15-40-26-29-49(48)54(41)53(39)40)32-46(34-47)50-30-27-43-24-23-42-16-10-31-58-55(42)56(43)59-50;1-2/h4-13,15-21,23-35H,3,14,22H2,1-2H3;1-2H3/b11-5-,36-4+;. The van der Waals surface area contributed by atoms with Gasteiger partial charge in [-0.2, -0.15) is 0 Å². The Morgan fingerprint density at radius 3 is 2.16 bits per heavy atom. The Hall–Kier alpha value is -7.56. The summed E-state index contributed by atoms with van der Waals surface area (Å²) >= 11 is 0. The molecule has 0 amide bonds. The molecule has 0 unspecified atom stereocenters. The highest BCUT2D eigenvalue weighted by Gasteiger charge is 2.22. The minimum atomic E-state index is 0.682. The van der Waals surface area contributed by atoms with Gasteiger partial charge in [0.05, 0.1) is 28.1 Å². The summed E-state index contributed by atoms with van der Waals surface area (Å²) in [6, 6.07) is 49.9. The number of rotatable bonds is 8. The number of hydrogen-bond donors (Lipinski definition) is 0. The first-order chi connectivity index (χ1) is 31.1. The molecule has 0 saturated heterocycles. The van der Waals surface area contributed by atoms with Crippen molar-refractivity contribution in [2.45, 2.75) is 47.0 Å². The Bertz CT molecular complexity index is 3330. The molecular weight excluding hydrogens is 765 g/mol. The van der Waals surface area contributed by atoms with E-state index in [2.05, 4.69) is 166 Å². The van der Waals surface area contributed by atoms with Crippen molar-refractivity contribution in [3.05, 3.63) is 198 Å². The van der Waals surface area contributed by atoms with Gasteiger partial charge in [0.25, 0.3) is 0 Å². The maximum absolute atomic E-state index is 5.35. The minimum absolute atomic E-state index is 0.682. The molecule has 4 heteroatoms. The molecule has 0 spiro atoms. The summed E-state index contributed by atoms with van der Waals surface area (Å²) < 4.78 is 0. The van der Waals surface area contributed by atoms with Gasteiger partial charge in [0.1, 0.15) is 0 Å². The number of benzene rings is 6. The van der Waals surface area contributed by atoms with Crippen LogP contribution in [0.25, 0.3) is 106 Å².